The van der Waals surface area contributed by atoms with Crippen molar-refractivity contribution in [2.75, 3.05) is 24.5 Å². The van der Waals surface area contributed by atoms with Crippen LogP contribution in [0.15, 0.2) is 18.2 Å². The summed E-state index contributed by atoms with van der Waals surface area (Å²) in [4.78, 5) is 2.49. The third kappa shape index (κ3) is 2.24. The summed E-state index contributed by atoms with van der Waals surface area (Å²) in [5.41, 5.74) is 2.81. The molecule has 18 heavy (non-hydrogen) atoms. The number of rotatable bonds is 1. The van der Waals surface area contributed by atoms with Gasteiger partial charge in [0.15, 0.2) is 0 Å². The Kier molecular flexibility index (Phi) is 3.25. The SMILES string of the molecule is Cc1ccc(N2CCNC3(CCCC3)C2)cc1Cl. The topological polar surface area (TPSA) is 15.3 Å². The van der Waals surface area contributed by atoms with E-state index >= 15 is 0 Å². The maximum absolute atomic E-state index is 6.24. The molecule has 0 aromatic heterocycles. The quantitative estimate of drug-likeness (QED) is 0.837. The van der Waals surface area contributed by atoms with E-state index in [0.717, 1.165) is 30.2 Å². The number of piperazine rings is 1. The molecule has 1 N–H and O–H groups in total. The summed E-state index contributed by atoms with van der Waals surface area (Å²) in [5.74, 6) is 0. The lowest BCUT2D eigenvalue weighted by Gasteiger charge is -2.42. The minimum Gasteiger partial charge on any atom is -0.368 e. The second-order valence-electron chi connectivity index (χ2n) is 5.77. The summed E-state index contributed by atoms with van der Waals surface area (Å²) in [6.07, 6.45) is 5.39. The van der Waals surface area contributed by atoms with Gasteiger partial charge in [0.25, 0.3) is 0 Å². The first kappa shape index (κ1) is 12.3. The van der Waals surface area contributed by atoms with Crippen molar-refractivity contribution in [1.29, 1.82) is 0 Å². The molecule has 0 bridgehead atoms. The van der Waals surface area contributed by atoms with E-state index in [1.807, 2.05) is 0 Å². The zero-order valence-electron chi connectivity index (χ0n) is 11.0. The van der Waals surface area contributed by atoms with Gasteiger partial charge in [0.05, 0.1) is 0 Å². The van der Waals surface area contributed by atoms with Crippen LogP contribution in [0.1, 0.15) is 31.2 Å². The monoisotopic (exact) mass is 264 g/mol. The van der Waals surface area contributed by atoms with Gasteiger partial charge in [-0.2, -0.15) is 0 Å². The van der Waals surface area contributed by atoms with E-state index in [2.05, 4.69) is 35.3 Å². The maximum Gasteiger partial charge on any atom is 0.0455 e. The fourth-order valence-corrected chi connectivity index (χ4v) is 3.52. The Labute approximate surface area is 114 Å². The average molecular weight is 265 g/mol. The van der Waals surface area contributed by atoms with Gasteiger partial charge in [-0.15, -0.1) is 0 Å². The summed E-state index contributed by atoms with van der Waals surface area (Å²) < 4.78 is 0. The van der Waals surface area contributed by atoms with Crippen LogP contribution in [0.5, 0.6) is 0 Å². The number of anilines is 1. The number of aryl methyl sites for hydroxylation is 1. The van der Waals surface area contributed by atoms with E-state index in [1.54, 1.807) is 0 Å². The molecule has 1 heterocycles. The Morgan fingerprint density at radius 3 is 2.78 bits per heavy atom. The number of benzene rings is 1. The first-order valence-electron chi connectivity index (χ1n) is 6.95. The molecule has 1 aliphatic carbocycles. The molecule has 1 aromatic rings. The lowest BCUT2D eigenvalue weighted by atomic mass is 9.94. The van der Waals surface area contributed by atoms with E-state index in [1.165, 1.54) is 31.4 Å². The van der Waals surface area contributed by atoms with Gasteiger partial charge in [-0.05, 0) is 37.5 Å². The number of nitrogens with zero attached hydrogens (tertiary/aromatic N) is 1. The van der Waals surface area contributed by atoms with Crippen molar-refractivity contribution < 1.29 is 0 Å². The Balaban J connectivity index is 1.81. The average Bonchev–Trinajstić information content (AvgIpc) is 2.81. The van der Waals surface area contributed by atoms with Gasteiger partial charge in [-0.25, -0.2) is 0 Å². The van der Waals surface area contributed by atoms with Crippen LogP contribution in [0.4, 0.5) is 5.69 Å². The number of hydrogen-bond acceptors (Lipinski definition) is 2. The number of nitrogens with one attached hydrogen (secondary N) is 1. The molecular weight excluding hydrogens is 244 g/mol. The highest BCUT2D eigenvalue weighted by molar-refractivity contribution is 6.31. The molecule has 3 rings (SSSR count). The van der Waals surface area contributed by atoms with E-state index in [0.29, 0.717) is 5.54 Å². The summed E-state index contributed by atoms with van der Waals surface area (Å²) >= 11 is 6.24. The zero-order chi connectivity index (χ0) is 12.6. The van der Waals surface area contributed by atoms with Gasteiger partial charge in [0, 0.05) is 35.9 Å². The fraction of sp³-hybridized carbons (Fsp3) is 0.600. The first-order chi connectivity index (χ1) is 8.69. The maximum atomic E-state index is 6.24. The lowest BCUT2D eigenvalue weighted by Crippen LogP contribution is -2.59. The molecule has 0 amide bonds. The minimum absolute atomic E-state index is 0.371. The highest BCUT2D eigenvalue weighted by atomic mass is 35.5. The smallest absolute Gasteiger partial charge is 0.0455 e. The molecule has 1 saturated heterocycles. The molecule has 2 fully saturated rings. The Morgan fingerprint density at radius 1 is 1.28 bits per heavy atom. The van der Waals surface area contributed by atoms with E-state index in [4.69, 9.17) is 11.6 Å². The van der Waals surface area contributed by atoms with Crippen LogP contribution < -0.4 is 10.2 Å². The van der Waals surface area contributed by atoms with Gasteiger partial charge in [0.2, 0.25) is 0 Å². The zero-order valence-corrected chi connectivity index (χ0v) is 11.8. The molecule has 0 radical (unpaired) electrons. The van der Waals surface area contributed by atoms with Gasteiger partial charge >= 0.3 is 0 Å². The first-order valence-corrected chi connectivity index (χ1v) is 7.33. The molecule has 0 unspecified atom stereocenters. The second-order valence-corrected chi connectivity index (χ2v) is 6.18. The van der Waals surface area contributed by atoms with Crippen molar-refractivity contribution in [1.82, 2.24) is 5.32 Å². The van der Waals surface area contributed by atoms with Gasteiger partial charge in [0.1, 0.15) is 0 Å². The summed E-state index contributed by atoms with van der Waals surface area (Å²) in [6.45, 7) is 5.36. The van der Waals surface area contributed by atoms with Crippen LogP contribution in [0.2, 0.25) is 5.02 Å². The highest BCUT2D eigenvalue weighted by Crippen LogP contribution is 2.34. The molecule has 98 valence electrons. The summed E-state index contributed by atoms with van der Waals surface area (Å²) in [5, 5.41) is 4.63. The Morgan fingerprint density at radius 2 is 2.06 bits per heavy atom. The van der Waals surface area contributed by atoms with E-state index < -0.39 is 0 Å². The molecule has 0 atom stereocenters. The van der Waals surface area contributed by atoms with Crippen molar-refractivity contribution in [3.63, 3.8) is 0 Å². The van der Waals surface area contributed by atoms with E-state index in [9.17, 15) is 0 Å². The van der Waals surface area contributed by atoms with Crippen molar-refractivity contribution >= 4 is 17.3 Å². The van der Waals surface area contributed by atoms with Crippen molar-refractivity contribution in [2.45, 2.75) is 38.1 Å². The van der Waals surface area contributed by atoms with Crippen LogP contribution in [0.3, 0.4) is 0 Å². The van der Waals surface area contributed by atoms with Crippen molar-refractivity contribution in [3.8, 4) is 0 Å². The lowest BCUT2D eigenvalue weighted by molar-refractivity contribution is 0.304. The molecular formula is C15H21ClN2. The molecule has 2 aliphatic rings. The number of halogens is 1. The van der Waals surface area contributed by atoms with Crippen molar-refractivity contribution in [2.24, 2.45) is 0 Å². The van der Waals surface area contributed by atoms with Crippen LogP contribution >= 0.6 is 11.6 Å². The van der Waals surface area contributed by atoms with Gasteiger partial charge in [-0.3, -0.25) is 0 Å². The molecule has 1 aliphatic heterocycles. The van der Waals surface area contributed by atoms with Gasteiger partial charge in [-0.1, -0.05) is 30.5 Å². The normalized spacial score (nSPS) is 22.7. The third-order valence-corrected chi connectivity index (χ3v) is 4.86. The number of hydrogen-bond donors (Lipinski definition) is 1. The second kappa shape index (κ2) is 4.75. The fourth-order valence-electron chi connectivity index (χ4n) is 3.34. The van der Waals surface area contributed by atoms with E-state index in [-0.39, 0.29) is 0 Å². The molecule has 2 nitrogen and oxygen atoms in total. The Hall–Kier alpha value is -0.730. The van der Waals surface area contributed by atoms with Crippen LogP contribution in [-0.2, 0) is 0 Å². The molecule has 1 spiro atoms. The van der Waals surface area contributed by atoms with Crippen LogP contribution in [-0.4, -0.2) is 25.2 Å². The molecule has 1 aromatic carbocycles. The van der Waals surface area contributed by atoms with Gasteiger partial charge < -0.3 is 10.2 Å². The van der Waals surface area contributed by atoms with Crippen LogP contribution in [0.25, 0.3) is 0 Å². The minimum atomic E-state index is 0.371. The standard InChI is InChI=1S/C15H21ClN2/c1-12-4-5-13(10-14(12)16)18-9-8-17-15(11-18)6-2-3-7-15/h4-5,10,17H,2-3,6-9,11H2,1H3. The largest absolute Gasteiger partial charge is 0.368 e. The molecule has 3 heteroatoms. The van der Waals surface area contributed by atoms with Crippen LogP contribution in [0, 0.1) is 6.92 Å². The summed E-state index contributed by atoms with van der Waals surface area (Å²) in [6, 6.07) is 6.45. The predicted molar refractivity (Wildman–Crippen MR) is 77.6 cm³/mol. The molecule has 1 saturated carbocycles. The van der Waals surface area contributed by atoms with Crippen molar-refractivity contribution in [3.05, 3.63) is 28.8 Å². The Bertz CT molecular complexity index is 438. The third-order valence-electron chi connectivity index (χ3n) is 4.46. The highest BCUT2D eigenvalue weighted by Gasteiger charge is 2.37. The summed E-state index contributed by atoms with van der Waals surface area (Å²) in [7, 11) is 0. The predicted octanol–water partition coefficient (Wildman–Crippen LogP) is 3.37.